The number of ether oxygens (including phenoxy) is 1. The van der Waals surface area contributed by atoms with E-state index in [4.69, 9.17) is 4.74 Å². The highest BCUT2D eigenvalue weighted by Crippen LogP contribution is 2.32. The summed E-state index contributed by atoms with van der Waals surface area (Å²) >= 11 is 2.24. The van der Waals surface area contributed by atoms with Crippen LogP contribution in [0.15, 0.2) is 79.0 Å². The molecule has 0 spiro atoms. The first-order valence-electron chi connectivity index (χ1n) is 8.97. The van der Waals surface area contributed by atoms with Crippen molar-refractivity contribution in [1.29, 1.82) is 0 Å². The van der Waals surface area contributed by atoms with Crippen LogP contribution in [0.3, 0.4) is 0 Å². The Labute approximate surface area is 184 Å². The van der Waals surface area contributed by atoms with Crippen molar-refractivity contribution < 1.29 is 17.9 Å². The highest BCUT2D eigenvalue weighted by atomic mass is 127. The number of aromatic nitrogens is 3. The Balaban J connectivity index is 1.65. The summed E-state index contributed by atoms with van der Waals surface area (Å²) in [5.74, 6) is 0.675. The van der Waals surface area contributed by atoms with Gasteiger partial charge in [0.05, 0.1) is 11.9 Å². The highest BCUT2D eigenvalue weighted by Gasteiger charge is 2.35. The Morgan fingerprint density at radius 3 is 2.43 bits per heavy atom. The van der Waals surface area contributed by atoms with Crippen LogP contribution in [0.25, 0.3) is 17.1 Å². The molecule has 0 radical (unpaired) electrons. The number of nitrogens with zero attached hydrogens (tertiary/aromatic N) is 3. The summed E-state index contributed by atoms with van der Waals surface area (Å²) in [5.41, 5.74) is 1.31. The molecule has 0 aliphatic rings. The predicted molar refractivity (Wildman–Crippen MR) is 115 cm³/mol. The van der Waals surface area contributed by atoms with E-state index in [0.29, 0.717) is 23.6 Å². The third-order valence-corrected chi connectivity index (χ3v) is 5.07. The molecule has 0 saturated heterocycles. The van der Waals surface area contributed by atoms with Crippen molar-refractivity contribution in [1.82, 2.24) is 14.8 Å². The standard InChI is InChI=1S/C22H15F3IN3O/c23-22(24,25)20-12-13-27-29(20)21-7-3-5-18(28-21)17-4-1-2-6-19(17)30-14-15-8-10-16(26)11-9-15/h1-13H,14H2. The molecular weight excluding hydrogens is 506 g/mol. The number of para-hydroxylation sites is 1. The summed E-state index contributed by atoms with van der Waals surface area (Å²) < 4.78 is 47.6. The summed E-state index contributed by atoms with van der Waals surface area (Å²) in [4.78, 5) is 4.41. The van der Waals surface area contributed by atoms with Crippen molar-refractivity contribution in [2.45, 2.75) is 12.8 Å². The molecule has 4 aromatic rings. The number of hydrogen-bond acceptors (Lipinski definition) is 3. The zero-order valence-electron chi connectivity index (χ0n) is 15.5. The molecule has 0 unspecified atom stereocenters. The molecule has 2 aromatic heterocycles. The lowest BCUT2D eigenvalue weighted by molar-refractivity contribution is -0.142. The lowest BCUT2D eigenvalue weighted by Gasteiger charge is -2.13. The molecule has 0 aliphatic heterocycles. The SMILES string of the molecule is FC(F)(F)c1ccnn1-c1cccc(-c2ccccc2OCc2ccc(I)cc2)n1. The van der Waals surface area contributed by atoms with Gasteiger partial charge in [0.1, 0.15) is 18.1 Å². The van der Waals surface area contributed by atoms with Gasteiger partial charge < -0.3 is 4.74 Å². The van der Waals surface area contributed by atoms with Gasteiger partial charge in [-0.25, -0.2) is 9.67 Å². The summed E-state index contributed by atoms with van der Waals surface area (Å²) in [7, 11) is 0. The molecule has 0 atom stereocenters. The maximum absolute atomic E-state index is 13.2. The second-order valence-electron chi connectivity index (χ2n) is 6.42. The lowest BCUT2D eigenvalue weighted by atomic mass is 10.1. The van der Waals surface area contributed by atoms with Gasteiger partial charge in [-0.3, -0.25) is 0 Å². The minimum absolute atomic E-state index is 0.0808. The third kappa shape index (κ3) is 4.48. The molecule has 0 saturated carbocycles. The number of rotatable bonds is 5. The number of benzene rings is 2. The van der Waals surface area contributed by atoms with Crippen LogP contribution in [-0.4, -0.2) is 14.8 Å². The lowest BCUT2D eigenvalue weighted by Crippen LogP contribution is -2.14. The molecule has 30 heavy (non-hydrogen) atoms. The van der Waals surface area contributed by atoms with E-state index in [2.05, 4.69) is 32.7 Å². The topological polar surface area (TPSA) is 39.9 Å². The number of hydrogen-bond donors (Lipinski definition) is 0. The summed E-state index contributed by atoms with van der Waals surface area (Å²) in [5, 5.41) is 3.80. The molecule has 0 aliphatic carbocycles. The minimum Gasteiger partial charge on any atom is -0.488 e. The molecule has 152 valence electrons. The molecule has 0 amide bonds. The summed E-state index contributed by atoms with van der Waals surface area (Å²) in [6, 6.07) is 21.1. The molecule has 0 fully saturated rings. The smallest absolute Gasteiger partial charge is 0.433 e. The Bertz CT molecular complexity index is 1160. The van der Waals surface area contributed by atoms with Crippen LogP contribution in [0.4, 0.5) is 13.2 Å². The van der Waals surface area contributed by atoms with Crippen molar-refractivity contribution in [3.8, 4) is 22.8 Å². The van der Waals surface area contributed by atoms with E-state index in [1.807, 2.05) is 48.5 Å². The Hall–Kier alpha value is -2.88. The molecular formula is C22H15F3IN3O. The van der Waals surface area contributed by atoms with Gasteiger partial charge in [-0.15, -0.1) is 0 Å². The van der Waals surface area contributed by atoms with Crippen molar-refractivity contribution in [2.24, 2.45) is 0 Å². The second-order valence-corrected chi connectivity index (χ2v) is 7.66. The third-order valence-electron chi connectivity index (χ3n) is 4.36. The molecule has 0 N–H and O–H groups in total. The summed E-state index contributed by atoms with van der Waals surface area (Å²) in [6.45, 7) is 0.366. The molecule has 2 heterocycles. The van der Waals surface area contributed by atoms with Crippen LogP contribution >= 0.6 is 22.6 Å². The molecule has 4 nitrogen and oxygen atoms in total. The van der Waals surface area contributed by atoms with Gasteiger partial charge in [-0.2, -0.15) is 18.3 Å². The van der Waals surface area contributed by atoms with E-state index < -0.39 is 11.9 Å². The molecule has 2 aromatic carbocycles. The van der Waals surface area contributed by atoms with Crippen LogP contribution in [-0.2, 0) is 12.8 Å². The molecule has 8 heteroatoms. The summed E-state index contributed by atoms with van der Waals surface area (Å²) in [6.07, 6.45) is -3.42. The van der Waals surface area contributed by atoms with E-state index in [9.17, 15) is 13.2 Å². The number of pyridine rings is 1. The van der Waals surface area contributed by atoms with Gasteiger partial charge in [-0.1, -0.05) is 30.3 Å². The average Bonchev–Trinajstić information content (AvgIpc) is 3.24. The minimum atomic E-state index is -4.53. The van der Waals surface area contributed by atoms with E-state index in [1.54, 1.807) is 12.1 Å². The fourth-order valence-electron chi connectivity index (χ4n) is 2.94. The molecule has 4 rings (SSSR count). The Morgan fingerprint density at radius 1 is 0.900 bits per heavy atom. The first-order chi connectivity index (χ1) is 14.4. The fourth-order valence-corrected chi connectivity index (χ4v) is 3.30. The van der Waals surface area contributed by atoms with Crippen molar-refractivity contribution in [3.63, 3.8) is 0 Å². The van der Waals surface area contributed by atoms with Crippen LogP contribution in [0.5, 0.6) is 5.75 Å². The maximum Gasteiger partial charge on any atom is 0.433 e. The Morgan fingerprint density at radius 2 is 1.67 bits per heavy atom. The van der Waals surface area contributed by atoms with E-state index in [0.717, 1.165) is 26.1 Å². The van der Waals surface area contributed by atoms with Gasteiger partial charge in [0, 0.05) is 9.13 Å². The van der Waals surface area contributed by atoms with Crippen LogP contribution in [0.1, 0.15) is 11.3 Å². The van der Waals surface area contributed by atoms with Crippen LogP contribution < -0.4 is 4.74 Å². The second kappa shape index (κ2) is 8.47. The van der Waals surface area contributed by atoms with Gasteiger partial charge in [0.25, 0.3) is 0 Å². The average molecular weight is 521 g/mol. The Kier molecular flexibility index (Phi) is 5.76. The van der Waals surface area contributed by atoms with Crippen molar-refractivity contribution in [2.75, 3.05) is 0 Å². The zero-order chi connectivity index (χ0) is 21.1. The van der Waals surface area contributed by atoms with Crippen LogP contribution in [0, 0.1) is 3.57 Å². The van der Waals surface area contributed by atoms with Gasteiger partial charge >= 0.3 is 6.18 Å². The zero-order valence-corrected chi connectivity index (χ0v) is 17.6. The fraction of sp³-hybridized carbons (Fsp3) is 0.0909. The molecule has 0 bridgehead atoms. The number of halogens is 4. The van der Waals surface area contributed by atoms with Gasteiger partial charge in [0.2, 0.25) is 0 Å². The van der Waals surface area contributed by atoms with E-state index >= 15 is 0 Å². The van der Waals surface area contributed by atoms with E-state index in [1.165, 1.54) is 6.07 Å². The van der Waals surface area contributed by atoms with Gasteiger partial charge in [-0.05, 0) is 70.6 Å². The number of alkyl halides is 3. The van der Waals surface area contributed by atoms with E-state index in [-0.39, 0.29) is 5.82 Å². The normalized spacial score (nSPS) is 11.5. The largest absolute Gasteiger partial charge is 0.488 e. The van der Waals surface area contributed by atoms with Crippen molar-refractivity contribution in [3.05, 3.63) is 93.8 Å². The quantitative estimate of drug-likeness (QED) is 0.297. The van der Waals surface area contributed by atoms with Gasteiger partial charge in [0.15, 0.2) is 5.82 Å². The highest BCUT2D eigenvalue weighted by molar-refractivity contribution is 14.1. The van der Waals surface area contributed by atoms with Crippen molar-refractivity contribution >= 4 is 22.6 Å². The first-order valence-corrected chi connectivity index (χ1v) is 10.0. The monoisotopic (exact) mass is 521 g/mol. The maximum atomic E-state index is 13.2. The predicted octanol–water partition coefficient (Wildman–Crippen LogP) is 6.14. The first kappa shape index (κ1) is 20.4. The van der Waals surface area contributed by atoms with Crippen LogP contribution in [0.2, 0.25) is 0 Å².